The SMILES string of the molecule is CCOc1cc(C2C3=C(CC(C)(C)CC3=O)N(CCC(=O)O)C3=C2C(=O)CC(C)(C)C3)cc(I)c1OCc1ccc(Cl)cc1Cl. The summed E-state index contributed by atoms with van der Waals surface area (Å²) in [6, 6.07) is 9.10. The number of ketones is 2. The summed E-state index contributed by atoms with van der Waals surface area (Å²) in [6.45, 7) is 10.9. The number of allylic oxidation sites excluding steroid dienone is 4. The number of hydrogen-bond donors (Lipinski definition) is 1. The van der Waals surface area contributed by atoms with Crippen LogP contribution in [-0.4, -0.2) is 40.7 Å². The monoisotopic (exact) mass is 765 g/mol. The molecule has 0 radical (unpaired) electrons. The maximum absolute atomic E-state index is 14.1. The molecule has 0 bridgehead atoms. The molecule has 3 aliphatic rings. The molecule has 2 aliphatic carbocycles. The first-order chi connectivity index (χ1) is 21.1. The minimum atomic E-state index is -0.921. The van der Waals surface area contributed by atoms with Gasteiger partial charge in [0.05, 0.1) is 16.6 Å². The van der Waals surface area contributed by atoms with Crippen LogP contribution in [-0.2, 0) is 21.0 Å². The standard InChI is InChI=1S/C35H38Cl2INO6/c1-6-44-28-12-20(11-23(38)33(28)45-18-19-7-8-21(36)13-22(19)37)30-31-24(14-34(2,3)16-26(31)40)39(10-9-29(42)43)25-15-35(4,5)17-27(41)32(25)30/h7-8,11-13,30H,6,9-10,14-18H2,1-5H3,(H,42,43). The molecule has 10 heteroatoms. The molecule has 240 valence electrons. The third-order valence-electron chi connectivity index (χ3n) is 8.62. The average Bonchev–Trinajstić information content (AvgIpc) is 2.90. The lowest BCUT2D eigenvalue weighted by Crippen LogP contribution is -2.45. The van der Waals surface area contributed by atoms with Gasteiger partial charge in [-0.25, -0.2) is 0 Å². The molecule has 0 spiro atoms. The number of Topliss-reactive ketones (excluding diaryl/α,β-unsaturated/α-hetero) is 2. The van der Waals surface area contributed by atoms with Gasteiger partial charge in [0.1, 0.15) is 6.61 Å². The van der Waals surface area contributed by atoms with Gasteiger partial charge in [-0.2, -0.15) is 0 Å². The van der Waals surface area contributed by atoms with Crippen molar-refractivity contribution in [1.82, 2.24) is 4.90 Å². The van der Waals surface area contributed by atoms with E-state index in [1.807, 2.05) is 30.0 Å². The third kappa shape index (κ3) is 7.08. The van der Waals surface area contributed by atoms with Crippen LogP contribution in [0, 0.1) is 14.4 Å². The van der Waals surface area contributed by atoms with E-state index in [1.165, 1.54) is 0 Å². The van der Waals surface area contributed by atoms with Gasteiger partial charge in [0.15, 0.2) is 23.1 Å². The van der Waals surface area contributed by atoms with Crippen molar-refractivity contribution in [2.45, 2.75) is 79.2 Å². The fourth-order valence-corrected chi connectivity index (χ4v) is 8.05. The van der Waals surface area contributed by atoms with Gasteiger partial charge in [-0.15, -0.1) is 0 Å². The van der Waals surface area contributed by atoms with E-state index in [9.17, 15) is 19.5 Å². The maximum Gasteiger partial charge on any atom is 0.305 e. The highest BCUT2D eigenvalue weighted by atomic mass is 127. The first-order valence-electron chi connectivity index (χ1n) is 15.2. The first kappa shape index (κ1) is 33.8. The van der Waals surface area contributed by atoms with Crippen molar-refractivity contribution >= 4 is 63.3 Å². The number of hydrogen-bond acceptors (Lipinski definition) is 6. The number of carboxylic acid groups (broad SMARTS) is 1. The minimum absolute atomic E-state index is 0.0126. The summed E-state index contributed by atoms with van der Waals surface area (Å²) < 4.78 is 13.1. The molecule has 0 amide bonds. The van der Waals surface area contributed by atoms with Crippen LogP contribution in [0.4, 0.5) is 0 Å². The van der Waals surface area contributed by atoms with E-state index in [-0.39, 0.29) is 42.0 Å². The molecular formula is C35H38Cl2INO6. The van der Waals surface area contributed by atoms with Crippen molar-refractivity contribution in [3.05, 3.63) is 77.6 Å². The van der Waals surface area contributed by atoms with Crippen LogP contribution >= 0.6 is 45.8 Å². The zero-order valence-corrected chi connectivity index (χ0v) is 29.9. The van der Waals surface area contributed by atoms with E-state index in [2.05, 4.69) is 50.3 Å². The van der Waals surface area contributed by atoms with E-state index in [4.69, 9.17) is 32.7 Å². The van der Waals surface area contributed by atoms with E-state index in [0.29, 0.717) is 65.0 Å². The molecule has 1 aliphatic heterocycles. The maximum atomic E-state index is 14.1. The molecule has 0 aromatic heterocycles. The molecule has 0 atom stereocenters. The van der Waals surface area contributed by atoms with Gasteiger partial charge >= 0.3 is 5.97 Å². The zero-order valence-electron chi connectivity index (χ0n) is 26.2. The van der Waals surface area contributed by atoms with Gasteiger partial charge in [0.25, 0.3) is 0 Å². The number of nitrogens with zero attached hydrogens (tertiary/aromatic N) is 1. The Hall–Kier alpha value is -2.56. The number of rotatable bonds is 9. The Labute approximate surface area is 288 Å². The molecule has 0 saturated heterocycles. The number of aliphatic carboxylic acids is 1. The summed E-state index contributed by atoms with van der Waals surface area (Å²) in [5.74, 6) is -0.481. The highest BCUT2D eigenvalue weighted by Gasteiger charge is 2.49. The van der Waals surface area contributed by atoms with Crippen LogP contribution in [0.5, 0.6) is 11.5 Å². The van der Waals surface area contributed by atoms with Crippen molar-refractivity contribution in [1.29, 1.82) is 0 Å². The summed E-state index contributed by atoms with van der Waals surface area (Å²) in [4.78, 5) is 41.9. The summed E-state index contributed by atoms with van der Waals surface area (Å²) >= 11 is 14.7. The summed E-state index contributed by atoms with van der Waals surface area (Å²) in [5, 5.41) is 10.7. The summed E-state index contributed by atoms with van der Waals surface area (Å²) in [6.07, 6.45) is 1.80. The lowest BCUT2D eigenvalue weighted by atomic mass is 9.63. The normalized spacial score (nSPS) is 19.4. The predicted molar refractivity (Wildman–Crippen MR) is 183 cm³/mol. The number of carbonyl (C=O) groups excluding carboxylic acids is 2. The third-order valence-corrected chi connectivity index (χ3v) is 10.0. The van der Waals surface area contributed by atoms with Gasteiger partial charge < -0.3 is 19.5 Å². The van der Waals surface area contributed by atoms with E-state index < -0.39 is 11.9 Å². The molecular weight excluding hydrogens is 728 g/mol. The van der Waals surface area contributed by atoms with Crippen molar-refractivity contribution in [2.75, 3.05) is 13.2 Å². The molecule has 0 saturated carbocycles. The van der Waals surface area contributed by atoms with Crippen LogP contribution < -0.4 is 9.47 Å². The molecule has 1 N–H and O–H groups in total. The molecule has 7 nitrogen and oxygen atoms in total. The Balaban J connectivity index is 1.67. The Morgan fingerprint density at radius 1 is 0.956 bits per heavy atom. The van der Waals surface area contributed by atoms with Gasteiger partial charge in [-0.1, -0.05) is 57.0 Å². The minimum Gasteiger partial charge on any atom is -0.490 e. The predicted octanol–water partition coefficient (Wildman–Crippen LogP) is 8.74. The first-order valence-corrected chi connectivity index (χ1v) is 17.0. The number of halogens is 3. The lowest BCUT2D eigenvalue weighted by Gasteiger charge is -2.49. The molecule has 5 rings (SSSR count). The van der Waals surface area contributed by atoms with Gasteiger partial charge in [-0.05, 0) is 83.0 Å². The van der Waals surface area contributed by atoms with E-state index >= 15 is 0 Å². The lowest BCUT2D eigenvalue weighted by molar-refractivity contribution is -0.137. The molecule has 2 aromatic rings. The average molecular weight is 767 g/mol. The topological polar surface area (TPSA) is 93.1 Å². The second-order valence-electron chi connectivity index (χ2n) is 13.6. The van der Waals surface area contributed by atoms with Crippen LogP contribution in [0.25, 0.3) is 0 Å². The van der Waals surface area contributed by atoms with Crippen LogP contribution in [0.3, 0.4) is 0 Å². The highest BCUT2D eigenvalue weighted by molar-refractivity contribution is 14.1. The Morgan fingerprint density at radius 3 is 2.09 bits per heavy atom. The second-order valence-corrected chi connectivity index (χ2v) is 15.6. The zero-order chi connectivity index (χ0) is 32.8. The highest BCUT2D eigenvalue weighted by Crippen LogP contribution is 2.55. The van der Waals surface area contributed by atoms with Crippen molar-refractivity contribution in [2.24, 2.45) is 10.8 Å². The second kappa shape index (κ2) is 12.9. The van der Waals surface area contributed by atoms with Gasteiger partial charge in [0.2, 0.25) is 0 Å². The molecule has 2 aromatic carbocycles. The molecule has 0 fully saturated rings. The number of benzene rings is 2. The molecule has 0 unspecified atom stereocenters. The van der Waals surface area contributed by atoms with Crippen molar-refractivity contribution < 1.29 is 29.0 Å². The quantitative estimate of drug-likeness (QED) is 0.255. The Kier molecular flexibility index (Phi) is 9.70. The summed E-state index contributed by atoms with van der Waals surface area (Å²) in [7, 11) is 0. The Bertz CT molecular complexity index is 1590. The van der Waals surface area contributed by atoms with Crippen molar-refractivity contribution in [3.8, 4) is 11.5 Å². The molecule has 45 heavy (non-hydrogen) atoms. The van der Waals surface area contributed by atoms with Crippen LogP contribution in [0.15, 0.2) is 52.9 Å². The smallest absolute Gasteiger partial charge is 0.305 e. The van der Waals surface area contributed by atoms with Gasteiger partial charge in [0, 0.05) is 63.5 Å². The van der Waals surface area contributed by atoms with E-state index in [1.54, 1.807) is 12.1 Å². The fourth-order valence-electron chi connectivity index (χ4n) is 6.80. The van der Waals surface area contributed by atoms with Crippen LogP contribution in [0.1, 0.15) is 83.8 Å². The number of ether oxygens (including phenoxy) is 2. The molecule has 1 heterocycles. The van der Waals surface area contributed by atoms with Crippen LogP contribution in [0.2, 0.25) is 10.0 Å². The largest absolute Gasteiger partial charge is 0.490 e. The van der Waals surface area contributed by atoms with Crippen molar-refractivity contribution in [3.63, 3.8) is 0 Å². The Morgan fingerprint density at radius 2 is 1.56 bits per heavy atom. The number of carboxylic acids is 1. The van der Waals surface area contributed by atoms with E-state index in [0.717, 1.165) is 26.1 Å². The number of carbonyl (C=O) groups is 3. The summed E-state index contributed by atoms with van der Waals surface area (Å²) in [5.41, 5.74) is 3.78. The van der Waals surface area contributed by atoms with Gasteiger partial charge in [-0.3, -0.25) is 14.4 Å². The fraction of sp³-hybridized carbons (Fsp3) is 0.457.